The fraction of sp³-hybridized carbons (Fsp3) is 0.524. The van der Waals surface area contributed by atoms with Crippen LogP contribution in [-0.2, 0) is 20.9 Å². The maximum atomic E-state index is 12.3. The van der Waals surface area contributed by atoms with Gasteiger partial charge in [-0.15, -0.1) is 0 Å². The minimum atomic E-state index is -0.401. The first-order valence-corrected chi connectivity index (χ1v) is 11.0. The van der Waals surface area contributed by atoms with E-state index in [1.165, 1.54) is 17.3 Å². The molecular formula is C21H27ClN6O3. The lowest BCUT2D eigenvalue weighted by Gasteiger charge is -2.40. The molecule has 0 spiro atoms. The Balaban J connectivity index is 1.22. The van der Waals surface area contributed by atoms with E-state index < -0.39 is 5.97 Å². The number of benzene rings is 1. The molecule has 1 aromatic carbocycles. The molecule has 1 N–H and O–H groups in total. The number of esters is 1. The van der Waals surface area contributed by atoms with E-state index in [0.717, 1.165) is 56.2 Å². The summed E-state index contributed by atoms with van der Waals surface area (Å²) in [7, 11) is 0. The van der Waals surface area contributed by atoms with Crippen molar-refractivity contribution in [2.75, 3.05) is 37.6 Å². The van der Waals surface area contributed by atoms with E-state index in [0.29, 0.717) is 0 Å². The Hall–Kier alpha value is -2.65. The van der Waals surface area contributed by atoms with Crippen LogP contribution in [0.2, 0.25) is 5.02 Å². The van der Waals surface area contributed by atoms with Gasteiger partial charge in [-0.2, -0.15) is 5.10 Å². The molecule has 1 aliphatic carbocycles. The van der Waals surface area contributed by atoms with Crippen LogP contribution in [0.15, 0.2) is 36.9 Å². The van der Waals surface area contributed by atoms with Crippen molar-refractivity contribution in [3.63, 3.8) is 0 Å². The van der Waals surface area contributed by atoms with Gasteiger partial charge >= 0.3 is 5.97 Å². The highest BCUT2D eigenvalue weighted by molar-refractivity contribution is 6.30. The van der Waals surface area contributed by atoms with E-state index in [1.54, 1.807) is 0 Å². The molecular weight excluding hydrogens is 420 g/mol. The Morgan fingerprint density at radius 1 is 1.19 bits per heavy atom. The van der Waals surface area contributed by atoms with Crippen LogP contribution < -0.4 is 10.2 Å². The Bertz CT molecular complexity index is 885. The first-order chi connectivity index (χ1) is 15.1. The van der Waals surface area contributed by atoms with Gasteiger partial charge in [0.1, 0.15) is 31.8 Å². The van der Waals surface area contributed by atoms with Crippen molar-refractivity contribution < 1.29 is 14.3 Å². The van der Waals surface area contributed by atoms with Crippen LogP contribution in [0.3, 0.4) is 0 Å². The van der Waals surface area contributed by atoms with Crippen LogP contribution in [0.1, 0.15) is 19.3 Å². The van der Waals surface area contributed by atoms with Gasteiger partial charge in [-0.1, -0.05) is 17.7 Å². The molecule has 0 bridgehead atoms. The summed E-state index contributed by atoms with van der Waals surface area (Å²) in [6.07, 6.45) is 5.60. The van der Waals surface area contributed by atoms with E-state index in [9.17, 15) is 9.59 Å². The molecule has 2 aliphatic rings. The fourth-order valence-electron chi connectivity index (χ4n) is 4.34. The Labute approximate surface area is 186 Å². The highest BCUT2D eigenvalue weighted by Gasteiger charge is 2.36. The summed E-state index contributed by atoms with van der Waals surface area (Å²) in [5, 5.41) is 7.20. The molecule has 10 heteroatoms. The second kappa shape index (κ2) is 10.1. The lowest BCUT2D eigenvalue weighted by Crippen LogP contribution is -2.53. The average molecular weight is 447 g/mol. The summed E-state index contributed by atoms with van der Waals surface area (Å²) in [6, 6.07) is 8.17. The summed E-state index contributed by atoms with van der Waals surface area (Å²) >= 11 is 6.13. The van der Waals surface area contributed by atoms with Gasteiger partial charge in [0, 0.05) is 42.9 Å². The number of nitrogens with one attached hydrogen (secondary N) is 1. The number of anilines is 1. The van der Waals surface area contributed by atoms with Crippen molar-refractivity contribution in [3.05, 3.63) is 41.9 Å². The normalized spacial score (nSPS) is 21.8. The SMILES string of the molecule is O=C(Cn1cncn1)NCC(=O)O[C@H]1CCC[C@@H]1N1CCN(c2cccc(Cl)c2)CC1. The smallest absolute Gasteiger partial charge is 0.325 e. The Kier molecular flexibility index (Phi) is 7.03. The lowest BCUT2D eigenvalue weighted by atomic mass is 10.1. The highest BCUT2D eigenvalue weighted by Crippen LogP contribution is 2.29. The predicted octanol–water partition coefficient (Wildman–Crippen LogP) is 1.33. The first-order valence-electron chi connectivity index (χ1n) is 10.6. The van der Waals surface area contributed by atoms with Crippen LogP contribution in [0.4, 0.5) is 5.69 Å². The third-order valence-electron chi connectivity index (χ3n) is 5.86. The van der Waals surface area contributed by atoms with Gasteiger partial charge in [0.2, 0.25) is 5.91 Å². The molecule has 1 aliphatic heterocycles. The van der Waals surface area contributed by atoms with Gasteiger partial charge in [-0.25, -0.2) is 9.67 Å². The summed E-state index contributed by atoms with van der Waals surface area (Å²) in [4.78, 5) is 32.7. The molecule has 2 fully saturated rings. The topological polar surface area (TPSA) is 92.6 Å². The third-order valence-corrected chi connectivity index (χ3v) is 6.09. The molecule has 2 atom stereocenters. The van der Waals surface area contributed by atoms with Crippen LogP contribution >= 0.6 is 11.6 Å². The van der Waals surface area contributed by atoms with E-state index in [2.05, 4.69) is 31.3 Å². The van der Waals surface area contributed by atoms with Crippen LogP contribution in [0.5, 0.6) is 0 Å². The Morgan fingerprint density at radius 2 is 2.03 bits per heavy atom. The van der Waals surface area contributed by atoms with Crippen molar-refractivity contribution in [3.8, 4) is 0 Å². The van der Waals surface area contributed by atoms with E-state index >= 15 is 0 Å². The molecule has 4 rings (SSSR count). The Morgan fingerprint density at radius 3 is 2.77 bits per heavy atom. The zero-order chi connectivity index (χ0) is 21.6. The molecule has 2 heterocycles. The number of hydrogen-bond donors (Lipinski definition) is 1. The largest absolute Gasteiger partial charge is 0.459 e. The molecule has 0 radical (unpaired) electrons. The maximum absolute atomic E-state index is 12.3. The zero-order valence-corrected chi connectivity index (χ0v) is 18.1. The fourth-order valence-corrected chi connectivity index (χ4v) is 4.53. The summed E-state index contributed by atoms with van der Waals surface area (Å²) in [6.45, 7) is 3.54. The molecule has 1 amide bonds. The maximum Gasteiger partial charge on any atom is 0.325 e. The second-order valence-electron chi connectivity index (χ2n) is 7.90. The zero-order valence-electron chi connectivity index (χ0n) is 17.3. The average Bonchev–Trinajstić information content (AvgIpc) is 3.45. The summed E-state index contributed by atoms with van der Waals surface area (Å²) < 4.78 is 7.13. The molecule has 0 unspecified atom stereocenters. The molecule has 31 heavy (non-hydrogen) atoms. The summed E-state index contributed by atoms with van der Waals surface area (Å²) in [5.74, 6) is -0.705. The van der Waals surface area contributed by atoms with E-state index in [-0.39, 0.29) is 31.1 Å². The highest BCUT2D eigenvalue weighted by atomic mass is 35.5. The number of halogens is 1. The molecule has 2 aromatic rings. The lowest BCUT2D eigenvalue weighted by molar-refractivity contribution is -0.151. The number of aromatic nitrogens is 3. The number of carbonyl (C=O) groups is 2. The van der Waals surface area contributed by atoms with Gasteiger partial charge < -0.3 is 15.0 Å². The quantitative estimate of drug-likeness (QED) is 0.641. The monoisotopic (exact) mass is 446 g/mol. The third kappa shape index (κ3) is 5.74. The minimum Gasteiger partial charge on any atom is -0.459 e. The van der Waals surface area contributed by atoms with Crippen LogP contribution in [0, 0.1) is 0 Å². The number of amides is 1. The molecule has 1 saturated heterocycles. The van der Waals surface area contributed by atoms with Gasteiger partial charge in [-0.3, -0.25) is 14.5 Å². The molecule has 1 saturated carbocycles. The first kappa shape index (κ1) is 21.6. The van der Waals surface area contributed by atoms with Crippen molar-refractivity contribution >= 4 is 29.2 Å². The summed E-state index contributed by atoms with van der Waals surface area (Å²) in [5.41, 5.74) is 1.14. The number of rotatable bonds is 7. The van der Waals surface area contributed by atoms with Crippen molar-refractivity contribution in [2.45, 2.75) is 38.0 Å². The standard InChI is InChI=1S/C21H27ClN6O3/c22-16-3-1-4-17(11-16)26-7-9-27(10-8-26)18-5-2-6-19(18)31-21(30)12-24-20(29)13-28-15-23-14-25-28/h1,3-4,11,14-15,18-19H,2,5-10,12-13H2,(H,24,29)/t18-,19-/m0/s1. The van der Waals surface area contributed by atoms with Crippen molar-refractivity contribution in [2.24, 2.45) is 0 Å². The number of carbonyl (C=O) groups excluding carboxylic acids is 2. The number of hydrogen-bond acceptors (Lipinski definition) is 7. The number of nitrogens with zero attached hydrogens (tertiary/aromatic N) is 5. The van der Waals surface area contributed by atoms with Crippen molar-refractivity contribution in [1.29, 1.82) is 0 Å². The minimum absolute atomic E-state index is 0.0240. The van der Waals surface area contributed by atoms with Gasteiger partial charge in [0.15, 0.2) is 0 Å². The van der Waals surface area contributed by atoms with Crippen LogP contribution in [-0.4, -0.2) is 76.4 Å². The van der Waals surface area contributed by atoms with Gasteiger partial charge in [0.25, 0.3) is 0 Å². The molecule has 1 aromatic heterocycles. The number of piperazine rings is 1. The number of ether oxygens (including phenoxy) is 1. The van der Waals surface area contributed by atoms with Crippen LogP contribution in [0.25, 0.3) is 0 Å². The van der Waals surface area contributed by atoms with Gasteiger partial charge in [0.05, 0.1) is 0 Å². The van der Waals surface area contributed by atoms with E-state index in [1.807, 2.05) is 18.2 Å². The predicted molar refractivity (Wildman–Crippen MR) is 116 cm³/mol. The van der Waals surface area contributed by atoms with E-state index in [4.69, 9.17) is 16.3 Å². The van der Waals surface area contributed by atoms with Crippen molar-refractivity contribution in [1.82, 2.24) is 25.0 Å². The molecule has 9 nitrogen and oxygen atoms in total. The second-order valence-corrected chi connectivity index (χ2v) is 8.34. The molecule has 166 valence electrons. The van der Waals surface area contributed by atoms with Gasteiger partial charge in [-0.05, 0) is 37.5 Å².